The van der Waals surface area contributed by atoms with Crippen LogP contribution >= 0.6 is 15.9 Å². The third kappa shape index (κ3) is 2.35. The van der Waals surface area contributed by atoms with Gasteiger partial charge in [0.05, 0.1) is 11.4 Å². The minimum absolute atomic E-state index is 0.967. The molecule has 0 spiro atoms. The highest BCUT2D eigenvalue weighted by molar-refractivity contribution is 9.09. The van der Waals surface area contributed by atoms with Gasteiger partial charge in [-0.3, -0.25) is 0 Å². The molecule has 0 bridgehead atoms. The molecule has 0 fully saturated rings. The molecule has 0 N–H and O–H groups in total. The Bertz CT molecular complexity index is 448. The van der Waals surface area contributed by atoms with Gasteiger partial charge in [0, 0.05) is 11.0 Å². The molecule has 16 heavy (non-hydrogen) atoms. The molecule has 0 saturated heterocycles. The molecule has 1 heterocycles. The number of halogens is 1. The first-order chi connectivity index (χ1) is 7.85. The fraction of sp³-hybridized carbons (Fsp3) is 0.308. The van der Waals surface area contributed by atoms with Crippen LogP contribution in [0.15, 0.2) is 36.4 Å². The van der Waals surface area contributed by atoms with Crippen LogP contribution in [-0.2, 0) is 12.8 Å². The molecular weight excluding hydrogens is 264 g/mol. The molecule has 1 aromatic heterocycles. The van der Waals surface area contributed by atoms with Gasteiger partial charge in [0.2, 0.25) is 0 Å². The van der Waals surface area contributed by atoms with Crippen molar-refractivity contribution in [2.75, 3.05) is 5.33 Å². The van der Waals surface area contributed by atoms with Crippen LogP contribution in [0.2, 0.25) is 0 Å². The molecule has 0 aliphatic carbocycles. The summed E-state index contributed by atoms with van der Waals surface area (Å²) >= 11 is 3.48. The average Bonchev–Trinajstić information content (AvgIpc) is 2.74. The van der Waals surface area contributed by atoms with Crippen molar-refractivity contribution >= 4 is 15.9 Å². The zero-order chi connectivity index (χ0) is 11.4. The zero-order valence-corrected chi connectivity index (χ0v) is 10.9. The lowest BCUT2D eigenvalue weighted by Gasteiger charge is -2.05. The predicted octanol–water partition coefficient (Wildman–Crippen LogP) is 3.37. The Balaban J connectivity index is 2.42. The summed E-state index contributed by atoms with van der Waals surface area (Å²) in [4.78, 5) is 0. The van der Waals surface area contributed by atoms with Gasteiger partial charge in [0.15, 0.2) is 0 Å². The summed E-state index contributed by atoms with van der Waals surface area (Å²) in [5.74, 6) is 0. The standard InChI is InChI=1S/C13H15BrN2/c1-2-11-10-13(8-9-14)16(15-11)12-6-4-3-5-7-12/h3-7,10H,2,8-9H2,1H3. The lowest BCUT2D eigenvalue weighted by molar-refractivity contribution is 0.797. The van der Waals surface area contributed by atoms with E-state index in [9.17, 15) is 0 Å². The van der Waals surface area contributed by atoms with Gasteiger partial charge in [-0.05, 0) is 31.0 Å². The van der Waals surface area contributed by atoms with Crippen LogP contribution in [0.5, 0.6) is 0 Å². The zero-order valence-electron chi connectivity index (χ0n) is 9.36. The molecule has 0 atom stereocenters. The molecular formula is C13H15BrN2. The highest BCUT2D eigenvalue weighted by Crippen LogP contribution is 2.14. The first kappa shape index (κ1) is 11.4. The van der Waals surface area contributed by atoms with E-state index in [0.29, 0.717) is 0 Å². The number of aryl methyl sites for hydroxylation is 2. The molecule has 0 unspecified atom stereocenters. The maximum atomic E-state index is 4.61. The Labute approximate surface area is 104 Å². The van der Waals surface area contributed by atoms with Gasteiger partial charge in [0.25, 0.3) is 0 Å². The van der Waals surface area contributed by atoms with Gasteiger partial charge in [-0.25, -0.2) is 4.68 Å². The quantitative estimate of drug-likeness (QED) is 0.785. The monoisotopic (exact) mass is 278 g/mol. The van der Waals surface area contributed by atoms with E-state index < -0.39 is 0 Å². The molecule has 84 valence electrons. The van der Waals surface area contributed by atoms with Crippen LogP contribution in [0.1, 0.15) is 18.3 Å². The molecule has 2 aromatic rings. The molecule has 2 rings (SSSR count). The van der Waals surface area contributed by atoms with Gasteiger partial charge in [0.1, 0.15) is 0 Å². The Morgan fingerprint density at radius 2 is 2.00 bits per heavy atom. The molecule has 1 aromatic carbocycles. The summed E-state index contributed by atoms with van der Waals surface area (Å²) in [6.07, 6.45) is 1.98. The highest BCUT2D eigenvalue weighted by Gasteiger charge is 2.07. The van der Waals surface area contributed by atoms with Gasteiger partial charge >= 0.3 is 0 Å². The Morgan fingerprint density at radius 1 is 1.25 bits per heavy atom. The second-order valence-corrected chi connectivity index (χ2v) is 4.46. The van der Waals surface area contributed by atoms with Gasteiger partial charge in [-0.1, -0.05) is 41.1 Å². The minimum Gasteiger partial charge on any atom is -0.238 e. The number of hydrogen-bond donors (Lipinski definition) is 0. The second-order valence-electron chi connectivity index (χ2n) is 3.67. The molecule has 0 radical (unpaired) electrons. The van der Waals surface area contributed by atoms with Crippen LogP contribution in [0, 0.1) is 0 Å². The van der Waals surface area contributed by atoms with Crippen LogP contribution in [0.4, 0.5) is 0 Å². The smallest absolute Gasteiger partial charge is 0.0648 e. The van der Waals surface area contributed by atoms with E-state index in [4.69, 9.17) is 0 Å². The summed E-state index contributed by atoms with van der Waals surface area (Å²) in [6.45, 7) is 2.13. The number of rotatable bonds is 4. The largest absolute Gasteiger partial charge is 0.238 e. The molecule has 0 amide bonds. The van der Waals surface area contributed by atoms with E-state index >= 15 is 0 Å². The van der Waals surface area contributed by atoms with Crippen molar-refractivity contribution in [3.63, 3.8) is 0 Å². The van der Waals surface area contributed by atoms with E-state index in [0.717, 1.165) is 29.6 Å². The van der Waals surface area contributed by atoms with Crippen molar-refractivity contribution in [2.45, 2.75) is 19.8 Å². The van der Waals surface area contributed by atoms with Crippen molar-refractivity contribution in [2.24, 2.45) is 0 Å². The van der Waals surface area contributed by atoms with Crippen LogP contribution in [-0.4, -0.2) is 15.1 Å². The highest BCUT2D eigenvalue weighted by atomic mass is 79.9. The number of nitrogens with zero attached hydrogens (tertiary/aromatic N) is 2. The lowest BCUT2D eigenvalue weighted by atomic mass is 10.2. The summed E-state index contributed by atoms with van der Waals surface area (Å²) in [5, 5.41) is 5.58. The second kappa shape index (κ2) is 5.30. The summed E-state index contributed by atoms with van der Waals surface area (Å²) < 4.78 is 2.04. The maximum absolute atomic E-state index is 4.61. The fourth-order valence-corrected chi connectivity index (χ4v) is 2.12. The van der Waals surface area contributed by atoms with Gasteiger partial charge < -0.3 is 0 Å². The van der Waals surface area contributed by atoms with Crippen molar-refractivity contribution < 1.29 is 0 Å². The van der Waals surface area contributed by atoms with Crippen molar-refractivity contribution in [1.82, 2.24) is 9.78 Å². The topological polar surface area (TPSA) is 17.8 Å². The van der Waals surface area contributed by atoms with Crippen molar-refractivity contribution in [1.29, 1.82) is 0 Å². The minimum atomic E-state index is 0.967. The SMILES string of the molecule is CCc1cc(CCBr)n(-c2ccccc2)n1. The van der Waals surface area contributed by atoms with E-state index in [1.54, 1.807) is 0 Å². The number of hydrogen-bond acceptors (Lipinski definition) is 1. The van der Waals surface area contributed by atoms with Crippen molar-refractivity contribution in [3.05, 3.63) is 47.8 Å². The first-order valence-corrected chi connectivity index (χ1v) is 6.66. The Hall–Kier alpha value is -1.09. The number of benzene rings is 1. The number of para-hydroxylation sites is 1. The maximum Gasteiger partial charge on any atom is 0.0648 e. The van der Waals surface area contributed by atoms with Gasteiger partial charge in [-0.15, -0.1) is 0 Å². The van der Waals surface area contributed by atoms with Crippen LogP contribution in [0.3, 0.4) is 0 Å². The normalized spacial score (nSPS) is 10.6. The number of aromatic nitrogens is 2. The molecule has 0 aliphatic rings. The van der Waals surface area contributed by atoms with E-state index in [2.05, 4.69) is 46.2 Å². The molecule has 0 aliphatic heterocycles. The third-order valence-electron chi connectivity index (χ3n) is 2.55. The van der Waals surface area contributed by atoms with E-state index in [-0.39, 0.29) is 0 Å². The average molecular weight is 279 g/mol. The Kier molecular flexibility index (Phi) is 3.78. The number of alkyl halides is 1. The van der Waals surface area contributed by atoms with E-state index in [1.807, 2.05) is 22.9 Å². The summed E-state index contributed by atoms with van der Waals surface area (Å²) in [7, 11) is 0. The first-order valence-electron chi connectivity index (χ1n) is 5.54. The third-order valence-corrected chi connectivity index (χ3v) is 2.94. The Morgan fingerprint density at radius 3 is 2.62 bits per heavy atom. The molecule has 0 saturated carbocycles. The van der Waals surface area contributed by atoms with Gasteiger partial charge in [-0.2, -0.15) is 5.10 Å². The van der Waals surface area contributed by atoms with Crippen LogP contribution in [0.25, 0.3) is 5.69 Å². The lowest BCUT2D eigenvalue weighted by Crippen LogP contribution is -2.02. The van der Waals surface area contributed by atoms with Crippen molar-refractivity contribution in [3.8, 4) is 5.69 Å². The molecule has 3 heteroatoms. The predicted molar refractivity (Wildman–Crippen MR) is 70.4 cm³/mol. The van der Waals surface area contributed by atoms with E-state index in [1.165, 1.54) is 5.69 Å². The summed E-state index contributed by atoms with van der Waals surface area (Å²) in [5.41, 5.74) is 3.55. The summed E-state index contributed by atoms with van der Waals surface area (Å²) in [6, 6.07) is 12.5. The fourth-order valence-electron chi connectivity index (χ4n) is 1.72. The van der Waals surface area contributed by atoms with Crippen LogP contribution < -0.4 is 0 Å². The molecule has 2 nitrogen and oxygen atoms in total.